The zero-order valence-electron chi connectivity index (χ0n) is 10.3. The van der Waals surface area contributed by atoms with E-state index in [1.54, 1.807) is 0 Å². The Morgan fingerprint density at radius 2 is 1.88 bits per heavy atom. The fourth-order valence-corrected chi connectivity index (χ4v) is 4.74. The fraction of sp³-hybridized carbons (Fsp3) is 1.00. The van der Waals surface area contributed by atoms with Crippen LogP contribution in [0.5, 0.6) is 0 Å². The van der Waals surface area contributed by atoms with E-state index in [-0.39, 0.29) is 18.1 Å². The lowest BCUT2D eigenvalue weighted by molar-refractivity contribution is 0.118. The Labute approximate surface area is 104 Å². The number of hydrogen-bond donors (Lipinski definition) is 2. The summed E-state index contributed by atoms with van der Waals surface area (Å²) in [6, 6.07) is 0.167. The van der Waals surface area contributed by atoms with Crippen molar-refractivity contribution >= 4 is 9.84 Å². The molecule has 0 radical (unpaired) electrons. The van der Waals surface area contributed by atoms with Gasteiger partial charge in [-0.25, -0.2) is 8.42 Å². The third-order valence-corrected chi connectivity index (χ3v) is 5.81. The van der Waals surface area contributed by atoms with Crippen LogP contribution < -0.4 is 5.32 Å². The van der Waals surface area contributed by atoms with Crippen molar-refractivity contribution in [1.82, 2.24) is 5.32 Å². The molecule has 2 rings (SSSR count). The normalized spacial score (nSPS) is 37.8. The molecule has 1 aliphatic heterocycles. The van der Waals surface area contributed by atoms with Gasteiger partial charge >= 0.3 is 0 Å². The molecule has 3 unspecified atom stereocenters. The van der Waals surface area contributed by atoms with E-state index >= 15 is 0 Å². The lowest BCUT2D eigenvalue weighted by atomic mass is 10.0. The fourth-order valence-electron chi connectivity index (χ4n) is 2.88. The van der Waals surface area contributed by atoms with Gasteiger partial charge < -0.3 is 10.4 Å². The maximum atomic E-state index is 11.3. The van der Waals surface area contributed by atoms with Gasteiger partial charge in [-0.15, -0.1) is 0 Å². The third kappa shape index (κ3) is 3.93. The number of aliphatic hydroxyl groups is 1. The minimum absolute atomic E-state index is 0.167. The van der Waals surface area contributed by atoms with Crippen molar-refractivity contribution in [2.24, 2.45) is 5.92 Å². The highest BCUT2D eigenvalue weighted by molar-refractivity contribution is 7.91. The highest BCUT2D eigenvalue weighted by Gasteiger charge is 2.29. The molecule has 0 amide bonds. The van der Waals surface area contributed by atoms with Gasteiger partial charge in [-0.1, -0.05) is 19.3 Å². The van der Waals surface area contributed by atoms with Crippen molar-refractivity contribution in [3.8, 4) is 0 Å². The van der Waals surface area contributed by atoms with Gasteiger partial charge in [0, 0.05) is 6.04 Å². The van der Waals surface area contributed by atoms with Crippen molar-refractivity contribution in [2.75, 3.05) is 18.1 Å². The van der Waals surface area contributed by atoms with Crippen LogP contribution in [0.3, 0.4) is 0 Å². The van der Waals surface area contributed by atoms with Gasteiger partial charge in [0.2, 0.25) is 0 Å². The lowest BCUT2D eigenvalue weighted by Crippen LogP contribution is -2.41. The second kappa shape index (κ2) is 5.67. The van der Waals surface area contributed by atoms with Crippen molar-refractivity contribution in [2.45, 2.75) is 50.7 Å². The van der Waals surface area contributed by atoms with Crippen LogP contribution in [0.4, 0.5) is 0 Å². The summed E-state index contributed by atoms with van der Waals surface area (Å²) in [6.45, 7) is 0.737. The van der Waals surface area contributed by atoms with Gasteiger partial charge in [0.05, 0.1) is 17.6 Å². The molecule has 1 saturated carbocycles. The van der Waals surface area contributed by atoms with Crippen LogP contribution >= 0.6 is 0 Å². The molecule has 17 heavy (non-hydrogen) atoms. The van der Waals surface area contributed by atoms with Crippen molar-refractivity contribution in [3.63, 3.8) is 0 Å². The van der Waals surface area contributed by atoms with E-state index in [2.05, 4.69) is 5.32 Å². The van der Waals surface area contributed by atoms with E-state index in [0.29, 0.717) is 11.5 Å². The zero-order chi connectivity index (χ0) is 12.3. The summed E-state index contributed by atoms with van der Waals surface area (Å²) in [5, 5.41) is 13.3. The topological polar surface area (TPSA) is 66.4 Å². The van der Waals surface area contributed by atoms with Gasteiger partial charge in [0.25, 0.3) is 0 Å². The largest absolute Gasteiger partial charge is 0.392 e. The molecular weight excluding hydrogens is 238 g/mol. The number of aliphatic hydroxyl groups excluding tert-OH is 1. The molecule has 0 bridgehead atoms. The van der Waals surface area contributed by atoms with Crippen LogP contribution in [0.15, 0.2) is 0 Å². The Balaban J connectivity index is 1.77. The van der Waals surface area contributed by atoms with Crippen molar-refractivity contribution in [3.05, 3.63) is 0 Å². The first-order valence-electron chi connectivity index (χ1n) is 6.69. The third-order valence-electron chi connectivity index (χ3n) is 3.97. The molecule has 100 valence electrons. The lowest BCUT2D eigenvalue weighted by Gasteiger charge is -2.23. The van der Waals surface area contributed by atoms with Crippen LogP contribution in [0, 0.1) is 5.92 Å². The van der Waals surface area contributed by atoms with Gasteiger partial charge in [-0.3, -0.25) is 0 Å². The first-order valence-corrected chi connectivity index (χ1v) is 8.51. The second-order valence-corrected chi connectivity index (χ2v) is 7.72. The van der Waals surface area contributed by atoms with E-state index < -0.39 is 9.84 Å². The van der Waals surface area contributed by atoms with E-state index in [4.69, 9.17) is 0 Å². The average molecular weight is 261 g/mol. The summed E-state index contributed by atoms with van der Waals surface area (Å²) >= 11 is 0. The highest BCUT2D eigenvalue weighted by atomic mass is 32.2. The van der Waals surface area contributed by atoms with E-state index in [1.165, 1.54) is 6.42 Å². The Morgan fingerprint density at radius 1 is 1.12 bits per heavy atom. The van der Waals surface area contributed by atoms with Crippen LogP contribution in [-0.4, -0.2) is 43.7 Å². The van der Waals surface area contributed by atoms with E-state index in [1.807, 2.05) is 0 Å². The Hall–Kier alpha value is -0.130. The van der Waals surface area contributed by atoms with E-state index in [0.717, 1.165) is 38.6 Å². The molecule has 2 N–H and O–H groups in total. The quantitative estimate of drug-likeness (QED) is 0.734. The SMILES string of the molecule is O=S1(=O)CCC(CNC2CCCCCC2O)C1. The molecular formula is C12H23NO3S. The number of hydrogen-bond acceptors (Lipinski definition) is 4. The molecule has 0 spiro atoms. The zero-order valence-corrected chi connectivity index (χ0v) is 11.1. The maximum absolute atomic E-state index is 11.3. The summed E-state index contributed by atoms with van der Waals surface area (Å²) in [7, 11) is -2.77. The summed E-state index contributed by atoms with van der Waals surface area (Å²) < 4.78 is 22.7. The smallest absolute Gasteiger partial charge is 0.150 e. The molecule has 5 heteroatoms. The predicted octanol–water partition coefficient (Wildman–Crippen LogP) is 0.704. The Bertz CT molecular complexity index is 342. The van der Waals surface area contributed by atoms with Gasteiger partial charge in [0.1, 0.15) is 0 Å². The average Bonchev–Trinajstić information content (AvgIpc) is 2.48. The molecule has 4 nitrogen and oxygen atoms in total. The highest BCUT2D eigenvalue weighted by Crippen LogP contribution is 2.21. The summed E-state index contributed by atoms with van der Waals surface area (Å²) in [5.74, 6) is 0.908. The number of nitrogens with one attached hydrogen (secondary N) is 1. The van der Waals surface area contributed by atoms with Crippen LogP contribution in [0.25, 0.3) is 0 Å². The minimum Gasteiger partial charge on any atom is -0.392 e. The van der Waals surface area contributed by atoms with Gasteiger partial charge in [0.15, 0.2) is 9.84 Å². The van der Waals surface area contributed by atoms with Gasteiger partial charge in [-0.05, 0) is 31.7 Å². The molecule has 1 aliphatic carbocycles. The standard InChI is InChI=1S/C12H23NO3S/c14-12-5-3-1-2-4-11(12)13-8-10-6-7-17(15,16)9-10/h10-14H,1-9H2. The molecule has 1 saturated heterocycles. The molecule has 0 aromatic heterocycles. The molecule has 2 fully saturated rings. The summed E-state index contributed by atoms with van der Waals surface area (Å²) in [6.07, 6.45) is 5.89. The summed E-state index contributed by atoms with van der Waals surface area (Å²) in [5.41, 5.74) is 0. The number of sulfone groups is 1. The molecule has 0 aromatic carbocycles. The second-order valence-electron chi connectivity index (χ2n) is 5.49. The van der Waals surface area contributed by atoms with Crippen molar-refractivity contribution < 1.29 is 13.5 Å². The Morgan fingerprint density at radius 3 is 2.59 bits per heavy atom. The van der Waals surface area contributed by atoms with Gasteiger partial charge in [-0.2, -0.15) is 0 Å². The minimum atomic E-state index is -2.77. The van der Waals surface area contributed by atoms with Crippen LogP contribution in [0.2, 0.25) is 0 Å². The van der Waals surface area contributed by atoms with Crippen LogP contribution in [-0.2, 0) is 9.84 Å². The molecule has 0 aromatic rings. The molecule has 3 atom stereocenters. The maximum Gasteiger partial charge on any atom is 0.150 e. The number of rotatable bonds is 3. The predicted molar refractivity (Wildman–Crippen MR) is 67.6 cm³/mol. The van der Waals surface area contributed by atoms with Crippen molar-refractivity contribution in [1.29, 1.82) is 0 Å². The molecule has 1 heterocycles. The first kappa shape index (κ1) is 13.3. The van der Waals surface area contributed by atoms with E-state index in [9.17, 15) is 13.5 Å². The summed E-state index contributed by atoms with van der Waals surface area (Å²) in [4.78, 5) is 0. The van der Waals surface area contributed by atoms with Crippen LogP contribution in [0.1, 0.15) is 38.5 Å². The monoisotopic (exact) mass is 261 g/mol. The first-order chi connectivity index (χ1) is 8.07. The Kier molecular flexibility index (Phi) is 4.44. The molecule has 2 aliphatic rings.